The van der Waals surface area contributed by atoms with Crippen molar-refractivity contribution < 1.29 is 32.2 Å². The Morgan fingerprint density at radius 1 is 1.09 bits per heavy atom. The molecular weight excluding hydrogens is 436 g/mol. The molecule has 0 saturated carbocycles. The minimum Gasteiger partial charge on any atom is -0.495 e. The van der Waals surface area contributed by atoms with Crippen molar-refractivity contribution in [3.05, 3.63) is 53.1 Å². The molecule has 0 radical (unpaired) electrons. The topological polar surface area (TPSA) is 111 Å². The predicted molar refractivity (Wildman–Crippen MR) is 117 cm³/mol. The fourth-order valence-electron chi connectivity index (χ4n) is 3.34. The summed E-state index contributed by atoms with van der Waals surface area (Å²) >= 11 is 0. The van der Waals surface area contributed by atoms with Crippen LogP contribution in [0.1, 0.15) is 21.5 Å². The van der Waals surface area contributed by atoms with E-state index in [-0.39, 0.29) is 36.1 Å². The number of hydrogen-bond donors (Lipinski definition) is 1. The number of morpholine rings is 1. The Balaban J connectivity index is 1.82. The Kier molecular flexibility index (Phi) is 7.49. The molecule has 1 fully saturated rings. The fraction of sp³-hybridized carbons (Fsp3) is 0.364. The predicted octanol–water partition coefficient (Wildman–Crippen LogP) is 1.99. The second-order valence-electron chi connectivity index (χ2n) is 7.25. The van der Waals surface area contributed by atoms with Crippen molar-refractivity contribution in [2.24, 2.45) is 0 Å². The SMILES string of the molecule is COC(=O)c1ccc(C)c(NC(=O)Cc2ccc(OC)c(S(=O)(=O)N3CCOCC3)c2)c1. The molecular formula is C22H26N2O7S. The third-order valence-electron chi connectivity index (χ3n) is 5.11. The zero-order chi connectivity index (χ0) is 23.3. The van der Waals surface area contributed by atoms with Crippen molar-refractivity contribution >= 4 is 27.6 Å². The summed E-state index contributed by atoms with van der Waals surface area (Å²) in [6, 6.07) is 9.52. The smallest absolute Gasteiger partial charge is 0.337 e. The number of carbonyl (C=O) groups excluding carboxylic acids is 2. The monoisotopic (exact) mass is 462 g/mol. The number of benzene rings is 2. The number of nitrogens with zero attached hydrogens (tertiary/aromatic N) is 1. The minimum atomic E-state index is -3.80. The molecule has 3 rings (SSSR count). The van der Waals surface area contributed by atoms with E-state index in [0.29, 0.717) is 30.0 Å². The molecule has 0 unspecified atom stereocenters. The summed E-state index contributed by atoms with van der Waals surface area (Å²) in [7, 11) is -1.12. The molecule has 1 heterocycles. The van der Waals surface area contributed by atoms with E-state index < -0.39 is 16.0 Å². The molecule has 0 spiro atoms. The molecule has 1 N–H and O–H groups in total. The third-order valence-corrected chi connectivity index (χ3v) is 7.03. The average Bonchev–Trinajstić information content (AvgIpc) is 2.80. The van der Waals surface area contributed by atoms with Gasteiger partial charge in [-0.05, 0) is 42.3 Å². The van der Waals surface area contributed by atoms with Gasteiger partial charge >= 0.3 is 5.97 Å². The number of nitrogens with one attached hydrogen (secondary N) is 1. The summed E-state index contributed by atoms with van der Waals surface area (Å²) in [5, 5.41) is 2.77. The van der Waals surface area contributed by atoms with Gasteiger partial charge in [-0.15, -0.1) is 0 Å². The zero-order valence-electron chi connectivity index (χ0n) is 18.2. The van der Waals surface area contributed by atoms with Gasteiger partial charge in [0.25, 0.3) is 0 Å². The summed E-state index contributed by atoms with van der Waals surface area (Å²) in [6.45, 7) is 2.97. The number of esters is 1. The third kappa shape index (κ3) is 5.26. The summed E-state index contributed by atoms with van der Waals surface area (Å²) in [4.78, 5) is 24.4. The van der Waals surface area contributed by atoms with Gasteiger partial charge in [-0.3, -0.25) is 4.79 Å². The van der Waals surface area contributed by atoms with E-state index in [1.54, 1.807) is 37.3 Å². The Labute approximate surface area is 187 Å². The van der Waals surface area contributed by atoms with Gasteiger partial charge in [0, 0.05) is 18.8 Å². The summed E-state index contributed by atoms with van der Waals surface area (Å²) in [6.07, 6.45) is -0.0580. The van der Waals surface area contributed by atoms with Crippen LogP contribution in [0.3, 0.4) is 0 Å². The largest absolute Gasteiger partial charge is 0.495 e. The molecule has 0 aromatic heterocycles. The van der Waals surface area contributed by atoms with Crippen LogP contribution in [0, 0.1) is 6.92 Å². The standard InChI is InChI=1S/C22H26N2O7S/c1-15-4-6-17(22(26)30-3)14-18(15)23-21(25)13-16-5-7-19(29-2)20(12-16)32(27,28)24-8-10-31-11-9-24/h4-7,12,14H,8-11,13H2,1-3H3,(H,23,25). The normalized spacial score (nSPS) is 14.6. The first-order valence-corrected chi connectivity index (χ1v) is 11.4. The fourth-order valence-corrected chi connectivity index (χ4v) is 4.95. The first-order valence-electron chi connectivity index (χ1n) is 10.00. The lowest BCUT2D eigenvalue weighted by Gasteiger charge is -2.26. The van der Waals surface area contributed by atoms with E-state index in [4.69, 9.17) is 14.2 Å². The number of ether oxygens (including phenoxy) is 3. The van der Waals surface area contributed by atoms with Crippen LogP contribution in [0.5, 0.6) is 5.75 Å². The molecule has 32 heavy (non-hydrogen) atoms. The lowest BCUT2D eigenvalue weighted by molar-refractivity contribution is -0.115. The number of hydrogen-bond acceptors (Lipinski definition) is 7. The lowest BCUT2D eigenvalue weighted by Crippen LogP contribution is -2.40. The summed E-state index contributed by atoms with van der Waals surface area (Å²) in [5.74, 6) is -0.647. The molecule has 1 saturated heterocycles. The summed E-state index contributed by atoms with van der Waals surface area (Å²) < 4.78 is 42.8. The number of amides is 1. The van der Waals surface area contributed by atoms with E-state index >= 15 is 0 Å². The highest BCUT2D eigenvalue weighted by Gasteiger charge is 2.29. The zero-order valence-corrected chi connectivity index (χ0v) is 19.0. The van der Waals surface area contributed by atoms with Crippen LogP contribution < -0.4 is 10.1 Å². The maximum atomic E-state index is 13.1. The van der Waals surface area contributed by atoms with E-state index in [9.17, 15) is 18.0 Å². The van der Waals surface area contributed by atoms with E-state index in [2.05, 4.69) is 5.32 Å². The first kappa shape index (κ1) is 23.7. The van der Waals surface area contributed by atoms with Crippen molar-refractivity contribution in [1.82, 2.24) is 4.31 Å². The first-order chi connectivity index (χ1) is 15.3. The number of methoxy groups -OCH3 is 2. The Bertz CT molecular complexity index is 1110. The molecule has 172 valence electrons. The van der Waals surface area contributed by atoms with Crippen LogP contribution >= 0.6 is 0 Å². The highest BCUT2D eigenvalue weighted by molar-refractivity contribution is 7.89. The van der Waals surface area contributed by atoms with E-state index in [1.807, 2.05) is 0 Å². The number of sulfonamides is 1. The van der Waals surface area contributed by atoms with Gasteiger partial charge in [0.2, 0.25) is 15.9 Å². The molecule has 10 heteroatoms. The molecule has 0 aliphatic carbocycles. The molecule has 1 amide bonds. The maximum absolute atomic E-state index is 13.1. The van der Waals surface area contributed by atoms with Crippen LogP contribution in [0.2, 0.25) is 0 Å². The average molecular weight is 463 g/mol. The number of rotatable bonds is 7. The molecule has 2 aromatic carbocycles. The Morgan fingerprint density at radius 3 is 2.47 bits per heavy atom. The Hall–Kier alpha value is -2.95. The van der Waals surface area contributed by atoms with Crippen molar-refractivity contribution in [2.45, 2.75) is 18.2 Å². The van der Waals surface area contributed by atoms with Crippen molar-refractivity contribution in [2.75, 3.05) is 45.8 Å². The molecule has 1 aliphatic rings. The van der Waals surface area contributed by atoms with E-state index in [1.165, 1.54) is 24.6 Å². The van der Waals surface area contributed by atoms with Crippen LogP contribution in [-0.2, 0) is 30.7 Å². The van der Waals surface area contributed by atoms with Crippen molar-refractivity contribution in [1.29, 1.82) is 0 Å². The van der Waals surface area contributed by atoms with Gasteiger partial charge in [-0.25, -0.2) is 13.2 Å². The molecule has 0 atom stereocenters. The number of anilines is 1. The van der Waals surface area contributed by atoms with E-state index in [0.717, 1.165) is 5.56 Å². The van der Waals surface area contributed by atoms with Crippen LogP contribution in [0.25, 0.3) is 0 Å². The van der Waals surface area contributed by atoms with Crippen LogP contribution in [-0.4, -0.2) is 65.1 Å². The van der Waals surface area contributed by atoms with Gasteiger partial charge in [-0.1, -0.05) is 12.1 Å². The molecule has 0 bridgehead atoms. The molecule has 1 aliphatic heterocycles. The van der Waals surface area contributed by atoms with Gasteiger partial charge < -0.3 is 19.5 Å². The maximum Gasteiger partial charge on any atom is 0.337 e. The van der Waals surface area contributed by atoms with Gasteiger partial charge in [-0.2, -0.15) is 4.31 Å². The van der Waals surface area contributed by atoms with Crippen LogP contribution in [0.4, 0.5) is 5.69 Å². The summed E-state index contributed by atoms with van der Waals surface area (Å²) in [5.41, 5.74) is 2.08. The lowest BCUT2D eigenvalue weighted by atomic mass is 10.1. The highest BCUT2D eigenvalue weighted by atomic mass is 32.2. The van der Waals surface area contributed by atoms with Gasteiger partial charge in [0.1, 0.15) is 10.6 Å². The number of carbonyl (C=O) groups is 2. The second kappa shape index (κ2) is 10.1. The quantitative estimate of drug-likeness (QED) is 0.627. The molecule has 2 aromatic rings. The molecule has 9 nitrogen and oxygen atoms in total. The highest BCUT2D eigenvalue weighted by Crippen LogP contribution is 2.29. The van der Waals surface area contributed by atoms with Gasteiger partial charge in [0.15, 0.2) is 0 Å². The number of aryl methyl sites for hydroxylation is 1. The van der Waals surface area contributed by atoms with Crippen molar-refractivity contribution in [3.63, 3.8) is 0 Å². The minimum absolute atomic E-state index is 0.0102. The Morgan fingerprint density at radius 2 is 1.81 bits per heavy atom. The van der Waals surface area contributed by atoms with Gasteiger partial charge in [0.05, 0.1) is 39.4 Å². The van der Waals surface area contributed by atoms with Crippen molar-refractivity contribution in [3.8, 4) is 5.75 Å². The second-order valence-corrected chi connectivity index (χ2v) is 9.15. The van der Waals surface area contributed by atoms with Crippen LogP contribution in [0.15, 0.2) is 41.3 Å².